The Bertz CT molecular complexity index is 2160. The average molecular weight is 600 g/mol. The van der Waals surface area contributed by atoms with Crippen molar-refractivity contribution in [1.29, 1.82) is 0 Å². The van der Waals surface area contributed by atoms with Gasteiger partial charge in [-0.05, 0) is 53.8 Å². The largest absolute Gasteiger partial charge is 0.457 e. The number of hydrogen-bond donors (Lipinski definition) is 0. The Balaban J connectivity index is 1.37. The van der Waals surface area contributed by atoms with Gasteiger partial charge in [-0.3, -0.25) is 19.5 Å². The van der Waals surface area contributed by atoms with Gasteiger partial charge >= 0.3 is 6.18 Å². The van der Waals surface area contributed by atoms with Gasteiger partial charge in [0.2, 0.25) is 0 Å². The number of thiazole rings is 1. The van der Waals surface area contributed by atoms with E-state index in [1.165, 1.54) is 24.3 Å². The number of furan rings is 1. The van der Waals surface area contributed by atoms with Crippen molar-refractivity contribution in [3.05, 3.63) is 148 Å². The van der Waals surface area contributed by atoms with E-state index in [0.717, 1.165) is 52.3 Å². The highest BCUT2D eigenvalue weighted by Gasteiger charge is 2.33. The first-order chi connectivity index (χ1) is 20.7. The van der Waals surface area contributed by atoms with E-state index in [2.05, 4.69) is 0 Å². The predicted molar refractivity (Wildman–Crippen MR) is 155 cm³/mol. The number of aryl methyl sites for hydroxylation is 1. The second-order valence-corrected chi connectivity index (χ2v) is 11.3. The molecule has 1 unspecified atom stereocenters. The molecule has 2 aromatic heterocycles. The summed E-state index contributed by atoms with van der Waals surface area (Å²) in [6, 6.07) is 21.6. The molecule has 0 saturated carbocycles. The third-order valence-electron chi connectivity index (χ3n) is 7.64. The molecule has 0 fully saturated rings. The third-order valence-corrected chi connectivity index (χ3v) is 8.63. The van der Waals surface area contributed by atoms with Gasteiger partial charge in [-0.15, -0.1) is 0 Å². The van der Waals surface area contributed by atoms with Crippen LogP contribution in [0, 0.1) is 10.1 Å². The summed E-state index contributed by atoms with van der Waals surface area (Å²) in [6.07, 6.45) is -1.58. The second-order valence-electron chi connectivity index (χ2n) is 10.2. The zero-order valence-corrected chi connectivity index (χ0v) is 23.0. The monoisotopic (exact) mass is 599 g/mol. The predicted octanol–water partition coefficient (Wildman–Crippen LogP) is 6.51. The molecule has 43 heavy (non-hydrogen) atoms. The molecule has 3 heterocycles. The molecule has 0 spiro atoms. The van der Waals surface area contributed by atoms with Crippen molar-refractivity contribution in [1.82, 2.24) is 4.57 Å². The molecule has 1 atom stereocenters. The lowest BCUT2D eigenvalue weighted by molar-refractivity contribution is -0.384. The van der Waals surface area contributed by atoms with Crippen LogP contribution < -0.4 is 14.9 Å². The van der Waals surface area contributed by atoms with Crippen molar-refractivity contribution < 1.29 is 22.5 Å². The summed E-state index contributed by atoms with van der Waals surface area (Å²) in [4.78, 5) is 30.4. The number of aromatic nitrogens is 1. The fourth-order valence-corrected chi connectivity index (χ4v) is 6.68. The summed E-state index contributed by atoms with van der Waals surface area (Å²) in [7, 11) is 0. The first-order valence-corrected chi connectivity index (χ1v) is 14.1. The van der Waals surface area contributed by atoms with Crippen molar-refractivity contribution >= 4 is 28.8 Å². The molecule has 7 nitrogen and oxygen atoms in total. The number of non-ortho nitro benzene ring substituents is 1. The van der Waals surface area contributed by atoms with E-state index >= 15 is 0 Å². The number of nitro benzene ring substituents is 1. The first kappa shape index (κ1) is 26.8. The number of hydrogen-bond acceptors (Lipinski definition) is 6. The smallest absolute Gasteiger partial charge is 0.416 e. The Hall–Kier alpha value is -5.03. The van der Waals surface area contributed by atoms with Crippen LogP contribution in [0.1, 0.15) is 40.5 Å². The average Bonchev–Trinajstić information content (AvgIpc) is 3.60. The summed E-state index contributed by atoms with van der Waals surface area (Å²) in [6.45, 7) is 0. The molecule has 1 aliphatic heterocycles. The summed E-state index contributed by atoms with van der Waals surface area (Å²) in [5.74, 6) is 0.519. The molecule has 0 bridgehead atoms. The zero-order chi connectivity index (χ0) is 29.9. The van der Waals surface area contributed by atoms with Crippen LogP contribution in [0.4, 0.5) is 18.9 Å². The van der Waals surface area contributed by atoms with Crippen molar-refractivity contribution in [2.45, 2.75) is 25.1 Å². The van der Waals surface area contributed by atoms with E-state index in [1.54, 1.807) is 34.9 Å². The number of benzene rings is 3. The molecule has 214 valence electrons. The molecule has 7 rings (SSSR count). The molecule has 0 N–H and O–H groups in total. The Morgan fingerprint density at radius 2 is 1.81 bits per heavy atom. The van der Waals surface area contributed by atoms with Crippen molar-refractivity contribution in [2.75, 3.05) is 0 Å². The lowest BCUT2D eigenvalue weighted by atomic mass is 9.83. The Morgan fingerprint density at radius 3 is 2.63 bits per heavy atom. The normalized spacial score (nSPS) is 16.3. The van der Waals surface area contributed by atoms with Crippen LogP contribution in [-0.2, 0) is 12.6 Å². The lowest BCUT2D eigenvalue weighted by Gasteiger charge is -2.30. The van der Waals surface area contributed by atoms with Crippen LogP contribution in [0.2, 0.25) is 0 Å². The van der Waals surface area contributed by atoms with Crippen molar-refractivity contribution in [2.24, 2.45) is 4.99 Å². The highest BCUT2D eigenvalue weighted by molar-refractivity contribution is 7.07. The Labute approximate surface area is 245 Å². The number of nitro groups is 1. The second kappa shape index (κ2) is 10.1. The quantitative estimate of drug-likeness (QED) is 0.174. The molecule has 0 radical (unpaired) electrons. The summed E-state index contributed by atoms with van der Waals surface area (Å²) in [5, 5.41) is 11.6. The van der Waals surface area contributed by atoms with Gasteiger partial charge in [0.1, 0.15) is 11.5 Å². The van der Waals surface area contributed by atoms with Crippen LogP contribution in [0.15, 0.2) is 105 Å². The van der Waals surface area contributed by atoms with E-state index in [-0.39, 0.29) is 22.6 Å². The summed E-state index contributed by atoms with van der Waals surface area (Å²) >= 11 is 1.16. The number of rotatable bonds is 4. The first-order valence-electron chi connectivity index (χ1n) is 13.3. The van der Waals surface area contributed by atoms with E-state index in [9.17, 15) is 28.1 Å². The molecule has 1 aliphatic carbocycles. The maximum absolute atomic E-state index is 13.9. The van der Waals surface area contributed by atoms with Crippen LogP contribution >= 0.6 is 11.3 Å². The van der Waals surface area contributed by atoms with Gasteiger partial charge in [-0.2, -0.15) is 13.2 Å². The minimum absolute atomic E-state index is 0.0762. The Kier molecular flexibility index (Phi) is 6.28. The molecule has 0 saturated heterocycles. The van der Waals surface area contributed by atoms with Gasteiger partial charge in [-0.25, -0.2) is 4.99 Å². The van der Waals surface area contributed by atoms with Crippen molar-refractivity contribution in [3.8, 4) is 11.3 Å². The molecule has 5 aromatic rings. The SMILES string of the molecule is O=c1/c(=C/c2ccc(-c3cccc(C(F)(F)F)c3)o2)sc2n1C(c1cccc([N+](=O)[O-])c1)C1=C(N=2)c2ccccc2CC1. The van der Waals surface area contributed by atoms with Gasteiger partial charge in [-0.1, -0.05) is 59.9 Å². The van der Waals surface area contributed by atoms with E-state index in [1.807, 2.05) is 24.3 Å². The van der Waals surface area contributed by atoms with Crippen LogP contribution in [0.3, 0.4) is 0 Å². The standard InChI is InChI=1S/C32H20F3N3O4S/c33-32(34,35)21-8-3-6-19(15-21)26-14-12-23(42-26)17-27-30(39)37-29(20-7-4-9-22(16-20)38(40)41)25-13-11-18-5-1-2-10-24(18)28(25)36-31(37)43-27/h1-10,12,14-17,29H,11,13H2/b27-17-. The molecule has 11 heteroatoms. The molecule has 3 aromatic carbocycles. The highest BCUT2D eigenvalue weighted by Crippen LogP contribution is 2.41. The van der Waals surface area contributed by atoms with Gasteiger partial charge in [0.15, 0.2) is 4.80 Å². The summed E-state index contributed by atoms with van der Waals surface area (Å²) < 4.78 is 47.4. The van der Waals surface area contributed by atoms with E-state index in [4.69, 9.17) is 9.41 Å². The minimum Gasteiger partial charge on any atom is -0.457 e. The Morgan fingerprint density at radius 1 is 1.00 bits per heavy atom. The number of halogens is 3. The maximum atomic E-state index is 13.9. The van der Waals surface area contributed by atoms with Gasteiger partial charge in [0, 0.05) is 29.3 Å². The molecular weight excluding hydrogens is 579 g/mol. The van der Waals surface area contributed by atoms with Crippen LogP contribution in [0.25, 0.3) is 23.1 Å². The fourth-order valence-electron chi connectivity index (χ4n) is 5.69. The van der Waals surface area contributed by atoms with Gasteiger partial charge in [0.05, 0.1) is 26.8 Å². The minimum atomic E-state index is -4.49. The van der Waals surface area contributed by atoms with Gasteiger partial charge in [0.25, 0.3) is 11.2 Å². The zero-order valence-electron chi connectivity index (χ0n) is 22.2. The summed E-state index contributed by atoms with van der Waals surface area (Å²) in [5.41, 5.74) is 3.42. The molecule has 2 aliphatic rings. The number of fused-ring (bicyclic) bond motifs is 3. The molecular formula is C32H20F3N3O4S. The maximum Gasteiger partial charge on any atom is 0.416 e. The molecule has 0 amide bonds. The fraction of sp³-hybridized carbons (Fsp3) is 0.125. The third kappa shape index (κ3) is 4.71. The van der Waals surface area contributed by atoms with E-state index < -0.39 is 22.7 Å². The van der Waals surface area contributed by atoms with Crippen LogP contribution in [0.5, 0.6) is 0 Å². The van der Waals surface area contributed by atoms with Crippen LogP contribution in [-0.4, -0.2) is 9.49 Å². The van der Waals surface area contributed by atoms with Gasteiger partial charge < -0.3 is 4.42 Å². The van der Waals surface area contributed by atoms with Crippen molar-refractivity contribution in [3.63, 3.8) is 0 Å². The van der Waals surface area contributed by atoms with E-state index in [0.29, 0.717) is 27.1 Å². The number of alkyl halides is 3. The number of nitrogens with zero attached hydrogens (tertiary/aromatic N) is 3. The highest BCUT2D eigenvalue weighted by atomic mass is 32.1. The lowest BCUT2D eigenvalue weighted by Crippen LogP contribution is -2.38. The number of allylic oxidation sites excluding steroid dienone is 1. The topological polar surface area (TPSA) is 90.6 Å².